The van der Waals surface area contributed by atoms with Crippen LogP contribution in [0.15, 0.2) is 40.0 Å². The van der Waals surface area contributed by atoms with Gasteiger partial charge in [0.2, 0.25) is 10.0 Å². The molecular weight excluding hydrogens is 488 g/mol. The SMILES string of the molecule is CCCOc1ccc(S(=O)(=O)N2CCN(CC)CC2)cc1-c1nc2cc(N)c([N+](=O)[O-])cc2c(=O)[nH]1. The summed E-state index contributed by atoms with van der Waals surface area (Å²) in [6, 6.07) is 6.80. The van der Waals surface area contributed by atoms with E-state index in [2.05, 4.69) is 14.9 Å². The summed E-state index contributed by atoms with van der Waals surface area (Å²) in [5.41, 5.74) is 5.07. The largest absolute Gasteiger partial charge is 0.493 e. The summed E-state index contributed by atoms with van der Waals surface area (Å²) in [6.07, 6.45) is 0.711. The van der Waals surface area contributed by atoms with Gasteiger partial charge in [0.05, 0.1) is 32.9 Å². The average molecular weight is 517 g/mol. The summed E-state index contributed by atoms with van der Waals surface area (Å²) in [6.45, 7) is 7.24. The summed E-state index contributed by atoms with van der Waals surface area (Å²) < 4.78 is 34.1. The van der Waals surface area contributed by atoms with Crippen LogP contribution < -0.4 is 16.0 Å². The zero-order valence-corrected chi connectivity index (χ0v) is 20.9. The maximum absolute atomic E-state index is 13.4. The maximum Gasteiger partial charge on any atom is 0.293 e. The zero-order valence-electron chi connectivity index (χ0n) is 20.1. The van der Waals surface area contributed by atoms with Crippen LogP contribution in [0.2, 0.25) is 0 Å². The zero-order chi connectivity index (χ0) is 26.0. The number of aromatic amines is 1. The number of hydrogen-bond donors (Lipinski definition) is 2. The first kappa shape index (κ1) is 25.5. The quantitative estimate of drug-likeness (QED) is 0.259. The molecule has 2 aromatic carbocycles. The summed E-state index contributed by atoms with van der Waals surface area (Å²) in [5.74, 6) is 0.420. The number of nitro groups is 1. The highest BCUT2D eigenvalue weighted by atomic mass is 32.2. The van der Waals surface area contributed by atoms with Crippen molar-refractivity contribution in [3.8, 4) is 17.1 Å². The van der Waals surface area contributed by atoms with E-state index >= 15 is 0 Å². The second kappa shape index (κ2) is 10.2. The van der Waals surface area contributed by atoms with E-state index in [0.717, 1.165) is 12.6 Å². The number of ether oxygens (including phenoxy) is 1. The van der Waals surface area contributed by atoms with E-state index in [4.69, 9.17) is 10.5 Å². The van der Waals surface area contributed by atoms with Crippen LogP contribution in [0.25, 0.3) is 22.3 Å². The summed E-state index contributed by atoms with van der Waals surface area (Å²) in [4.78, 5) is 32.7. The predicted molar refractivity (Wildman–Crippen MR) is 136 cm³/mol. The van der Waals surface area contributed by atoms with Gasteiger partial charge in [0.25, 0.3) is 11.2 Å². The number of aromatic nitrogens is 2. The van der Waals surface area contributed by atoms with Gasteiger partial charge in [-0.25, -0.2) is 13.4 Å². The molecule has 1 aromatic heterocycles. The monoisotopic (exact) mass is 516 g/mol. The summed E-state index contributed by atoms with van der Waals surface area (Å²) in [5, 5.41) is 11.2. The van der Waals surface area contributed by atoms with Gasteiger partial charge in [0.15, 0.2) is 0 Å². The number of fused-ring (bicyclic) bond motifs is 1. The number of nitrogens with one attached hydrogen (secondary N) is 1. The molecule has 0 bridgehead atoms. The Morgan fingerprint density at radius 2 is 1.89 bits per heavy atom. The minimum Gasteiger partial charge on any atom is -0.493 e. The molecule has 0 amide bonds. The number of sulfonamides is 1. The van der Waals surface area contributed by atoms with Crippen molar-refractivity contribution < 1.29 is 18.1 Å². The van der Waals surface area contributed by atoms with E-state index in [1.807, 2.05) is 13.8 Å². The van der Waals surface area contributed by atoms with Crippen molar-refractivity contribution in [2.45, 2.75) is 25.2 Å². The maximum atomic E-state index is 13.4. The lowest BCUT2D eigenvalue weighted by molar-refractivity contribution is -0.383. The minimum atomic E-state index is -3.80. The minimum absolute atomic E-state index is 0.00625. The Balaban J connectivity index is 1.82. The molecule has 0 radical (unpaired) electrons. The van der Waals surface area contributed by atoms with Crippen molar-refractivity contribution in [2.75, 3.05) is 45.1 Å². The number of anilines is 1. The lowest BCUT2D eigenvalue weighted by atomic mass is 10.1. The number of nitrogens with two attached hydrogens (primary N) is 1. The van der Waals surface area contributed by atoms with Crippen molar-refractivity contribution in [2.24, 2.45) is 0 Å². The fourth-order valence-electron chi connectivity index (χ4n) is 4.10. The molecule has 0 atom stereocenters. The van der Waals surface area contributed by atoms with E-state index in [9.17, 15) is 23.3 Å². The van der Waals surface area contributed by atoms with E-state index < -0.39 is 26.2 Å². The Hall–Kier alpha value is -3.55. The van der Waals surface area contributed by atoms with Crippen LogP contribution in [-0.2, 0) is 10.0 Å². The van der Waals surface area contributed by atoms with Crippen LogP contribution in [-0.4, -0.2) is 71.8 Å². The molecule has 2 heterocycles. The number of benzene rings is 2. The van der Waals surface area contributed by atoms with Gasteiger partial charge in [0.1, 0.15) is 17.3 Å². The summed E-state index contributed by atoms with van der Waals surface area (Å²) in [7, 11) is -3.80. The highest BCUT2D eigenvalue weighted by Gasteiger charge is 2.29. The molecule has 13 heteroatoms. The van der Waals surface area contributed by atoms with Crippen molar-refractivity contribution in [1.82, 2.24) is 19.2 Å². The molecule has 0 unspecified atom stereocenters. The van der Waals surface area contributed by atoms with Gasteiger partial charge in [-0.15, -0.1) is 0 Å². The third kappa shape index (κ3) is 4.90. The second-order valence-electron chi connectivity index (χ2n) is 8.44. The molecule has 3 N–H and O–H groups in total. The molecule has 1 aliphatic rings. The first-order valence-corrected chi connectivity index (χ1v) is 13.1. The molecule has 0 spiro atoms. The lowest BCUT2D eigenvalue weighted by Gasteiger charge is -2.33. The molecule has 36 heavy (non-hydrogen) atoms. The van der Waals surface area contributed by atoms with Gasteiger partial charge in [0, 0.05) is 32.2 Å². The highest BCUT2D eigenvalue weighted by Crippen LogP contribution is 2.33. The Morgan fingerprint density at radius 3 is 2.53 bits per heavy atom. The van der Waals surface area contributed by atoms with Gasteiger partial charge in [-0.05, 0) is 37.2 Å². The van der Waals surface area contributed by atoms with Crippen molar-refractivity contribution in [1.29, 1.82) is 0 Å². The Labute approximate surface area is 207 Å². The number of nitrogen functional groups attached to an aromatic ring is 1. The van der Waals surface area contributed by atoms with E-state index in [1.54, 1.807) is 6.07 Å². The number of hydrogen-bond acceptors (Lipinski definition) is 9. The van der Waals surface area contributed by atoms with Gasteiger partial charge in [-0.2, -0.15) is 4.31 Å². The topological polar surface area (TPSA) is 165 Å². The van der Waals surface area contributed by atoms with Crippen LogP contribution in [0.4, 0.5) is 11.4 Å². The van der Waals surface area contributed by atoms with Crippen LogP contribution in [0.5, 0.6) is 5.75 Å². The highest BCUT2D eigenvalue weighted by molar-refractivity contribution is 7.89. The Bertz CT molecular complexity index is 1460. The predicted octanol–water partition coefficient (Wildman–Crippen LogP) is 2.20. The van der Waals surface area contributed by atoms with E-state index in [0.29, 0.717) is 45.0 Å². The molecule has 0 saturated carbocycles. The average Bonchev–Trinajstić information content (AvgIpc) is 2.86. The standard InChI is InChI=1S/C23H28N6O6S/c1-3-11-35-21-6-5-15(36(33,34)28-9-7-27(4-2)8-10-28)12-17(21)22-25-19-14-18(24)20(29(31)32)13-16(19)23(30)26-22/h5-6,12-14H,3-4,7-11,24H2,1-2H3,(H,25,26,30). The van der Waals surface area contributed by atoms with Crippen LogP contribution >= 0.6 is 0 Å². The Kier molecular flexibility index (Phi) is 7.24. The molecule has 1 saturated heterocycles. The summed E-state index contributed by atoms with van der Waals surface area (Å²) >= 11 is 0. The second-order valence-corrected chi connectivity index (χ2v) is 10.4. The van der Waals surface area contributed by atoms with Crippen molar-refractivity contribution >= 4 is 32.3 Å². The van der Waals surface area contributed by atoms with Crippen LogP contribution in [0, 0.1) is 10.1 Å². The first-order valence-electron chi connectivity index (χ1n) is 11.6. The molecule has 1 aliphatic heterocycles. The number of rotatable bonds is 8. The number of H-pyrrole nitrogens is 1. The number of piperazine rings is 1. The van der Waals surface area contributed by atoms with Gasteiger partial charge in [-0.3, -0.25) is 14.9 Å². The number of nitrogens with zero attached hydrogens (tertiary/aromatic N) is 4. The van der Waals surface area contributed by atoms with Crippen LogP contribution in [0.3, 0.4) is 0 Å². The molecule has 192 valence electrons. The number of likely N-dealkylation sites (N-methyl/N-ethyl adjacent to an activating group) is 1. The molecule has 3 aromatic rings. The van der Waals surface area contributed by atoms with E-state index in [1.165, 1.54) is 22.5 Å². The van der Waals surface area contributed by atoms with E-state index in [-0.39, 0.29) is 32.9 Å². The molecule has 0 aliphatic carbocycles. The molecule has 12 nitrogen and oxygen atoms in total. The molecule has 4 rings (SSSR count). The third-order valence-corrected chi connectivity index (χ3v) is 8.03. The van der Waals surface area contributed by atoms with Crippen molar-refractivity contribution in [3.05, 3.63) is 50.8 Å². The van der Waals surface area contributed by atoms with Gasteiger partial charge < -0.3 is 20.4 Å². The molecule has 1 fully saturated rings. The molecular formula is C23H28N6O6S. The lowest BCUT2D eigenvalue weighted by Crippen LogP contribution is -2.48. The fraction of sp³-hybridized carbons (Fsp3) is 0.391. The fourth-order valence-corrected chi connectivity index (χ4v) is 5.55. The Morgan fingerprint density at radius 1 is 1.17 bits per heavy atom. The third-order valence-electron chi connectivity index (χ3n) is 6.13. The normalized spacial score (nSPS) is 15.3. The number of nitro benzene ring substituents is 1. The van der Waals surface area contributed by atoms with Crippen molar-refractivity contribution in [3.63, 3.8) is 0 Å². The van der Waals surface area contributed by atoms with Crippen LogP contribution in [0.1, 0.15) is 20.3 Å². The first-order chi connectivity index (χ1) is 17.1. The van der Waals surface area contributed by atoms with Gasteiger partial charge >= 0.3 is 0 Å². The van der Waals surface area contributed by atoms with Gasteiger partial charge in [-0.1, -0.05) is 13.8 Å². The smallest absolute Gasteiger partial charge is 0.293 e.